The highest BCUT2D eigenvalue weighted by Crippen LogP contribution is 2.73. The molecule has 6 rings (SSSR count). The predicted octanol–water partition coefficient (Wildman–Crippen LogP) is 3.54. The predicted molar refractivity (Wildman–Crippen MR) is 91.2 cm³/mol. The molecular formula is C21H17NO2. The molecule has 0 radical (unpaired) electrons. The Balaban J connectivity index is 1.50. The fourth-order valence-electron chi connectivity index (χ4n) is 5.72. The normalized spacial score (nSPS) is 34.6. The zero-order chi connectivity index (χ0) is 16.1. The zero-order valence-electron chi connectivity index (χ0n) is 13.2. The highest BCUT2D eigenvalue weighted by Gasteiger charge is 2.73. The number of hydrogen-bond donors (Lipinski definition) is 0. The van der Waals surface area contributed by atoms with Crippen LogP contribution in [0.5, 0.6) is 0 Å². The van der Waals surface area contributed by atoms with E-state index in [2.05, 4.69) is 12.2 Å². The van der Waals surface area contributed by atoms with E-state index < -0.39 is 0 Å². The maximum Gasteiger partial charge on any atom is 0.238 e. The average Bonchev–Trinajstić information content (AvgIpc) is 3.20. The smallest absolute Gasteiger partial charge is 0.238 e. The number of carbonyl (C=O) groups excluding carboxylic acids is 2. The van der Waals surface area contributed by atoms with Crippen LogP contribution in [-0.2, 0) is 9.59 Å². The van der Waals surface area contributed by atoms with Crippen LogP contribution in [0.1, 0.15) is 12.8 Å². The molecule has 118 valence electrons. The Kier molecular flexibility index (Phi) is 2.14. The highest BCUT2D eigenvalue weighted by molar-refractivity contribution is 6.25. The maximum atomic E-state index is 13.2. The summed E-state index contributed by atoms with van der Waals surface area (Å²) in [5.74, 6) is 0.338. The number of fused-ring (bicyclic) bond motifs is 4. The number of allylic oxidation sites excluding steroid dienone is 2. The van der Waals surface area contributed by atoms with Crippen LogP contribution < -0.4 is 4.90 Å². The van der Waals surface area contributed by atoms with E-state index in [-0.39, 0.29) is 40.9 Å². The van der Waals surface area contributed by atoms with Crippen molar-refractivity contribution in [3.8, 4) is 0 Å². The van der Waals surface area contributed by atoms with Crippen molar-refractivity contribution in [2.75, 3.05) is 4.90 Å². The Hall–Kier alpha value is -2.42. The molecule has 3 fully saturated rings. The van der Waals surface area contributed by atoms with Crippen LogP contribution in [0.25, 0.3) is 10.8 Å². The maximum absolute atomic E-state index is 13.2. The summed E-state index contributed by atoms with van der Waals surface area (Å²) in [6.45, 7) is 0. The van der Waals surface area contributed by atoms with Crippen LogP contribution in [0.15, 0.2) is 54.6 Å². The van der Waals surface area contributed by atoms with Crippen molar-refractivity contribution in [2.45, 2.75) is 12.8 Å². The summed E-state index contributed by atoms with van der Waals surface area (Å²) >= 11 is 0. The standard InChI is InChI=1S/C21H17NO2/c23-19-17-14-8-9-15(21(14)10-11-21)18(17)20(24)22(19)16-7-3-5-12-4-1-2-6-13(12)16/h1-9,14-15,17-18H,10-11H2/t14-,15-,17-,18-/m1/s1. The molecule has 1 spiro atoms. The van der Waals surface area contributed by atoms with Crippen molar-refractivity contribution in [1.82, 2.24) is 0 Å². The topological polar surface area (TPSA) is 37.4 Å². The largest absolute Gasteiger partial charge is 0.274 e. The van der Waals surface area contributed by atoms with Crippen LogP contribution >= 0.6 is 0 Å². The first-order valence-corrected chi connectivity index (χ1v) is 8.76. The Morgan fingerprint density at radius 1 is 0.833 bits per heavy atom. The Labute approximate surface area is 139 Å². The summed E-state index contributed by atoms with van der Waals surface area (Å²) in [4.78, 5) is 27.9. The zero-order valence-corrected chi connectivity index (χ0v) is 13.2. The van der Waals surface area contributed by atoms with E-state index in [0.717, 1.165) is 16.5 Å². The first-order valence-electron chi connectivity index (χ1n) is 8.76. The Morgan fingerprint density at radius 2 is 1.46 bits per heavy atom. The van der Waals surface area contributed by atoms with Crippen LogP contribution in [-0.4, -0.2) is 11.8 Å². The number of imide groups is 1. The van der Waals surface area contributed by atoms with Gasteiger partial charge in [0.25, 0.3) is 0 Å². The first kappa shape index (κ1) is 12.9. The molecule has 2 saturated carbocycles. The third kappa shape index (κ3) is 1.28. The van der Waals surface area contributed by atoms with Gasteiger partial charge in [0.15, 0.2) is 0 Å². The van der Waals surface area contributed by atoms with Crippen LogP contribution in [0, 0.1) is 29.1 Å². The van der Waals surface area contributed by atoms with Crippen molar-refractivity contribution in [3.63, 3.8) is 0 Å². The van der Waals surface area contributed by atoms with Gasteiger partial charge in [-0.2, -0.15) is 0 Å². The van der Waals surface area contributed by atoms with Gasteiger partial charge in [0.2, 0.25) is 11.8 Å². The summed E-state index contributed by atoms with van der Waals surface area (Å²) in [5.41, 5.74) is 1.01. The van der Waals surface area contributed by atoms with E-state index >= 15 is 0 Å². The molecule has 0 unspecified atom stereocenters. The quantitative estimate of drug-likeness (QED) is 0.596. The van der Waals surface area contributed by atoms with E-state index in [9.17, 15) is 9.59 Å². The fraction of sp³-hybridized carbons (Fsp3) is 0.333. The minimum atomic E-state index is -0.131. The number of amides is 2. The van der Waals surface area contributed by atoms with Gasteiger partial charge in [-0.25, -0.2) is 4.90 Å². The lowest BCUT2D eigenvalue weighted by atomic mass is 9.85. The fourth-order valence-corrected chi connectivity index (χ4v) is 5.72. The van der Waals surface area contributed by atoms with Crippen LogP contribution in [0.3, 0.4) is 0 Å². The molecular weight excluding hydrogens is 298 g/mol. The number of nitrogens with zero attached hydrogens (tertiary/aromatic N) is 1. The lowest BCUT2D eigenvalue weighted by molar-refractivity contribution is -0.123. The van der Waals surface area contributed by atoms with Gasteiger partial charge in [-0.15, -0.1) is 0 Å². The number of anilines is 1. The second kappa shape index (κ2) is 3.97. The summed E-state index contributed by atoms with van der Waals surface area (Å²) in [7, 11) is 0. The number of carbonyl (C=O) groups is 2. The summed E-state index contributed by atoms with van der Waals surface area (Å²) in [6, 6.07) is 13.8. The SMILES string of the molecule is O=C1[C@H]2[C@H](C(=O)N1c1cccc3ccccc13)[C@H]1C=C[C@H]2C12CC2. The monoisotopic (exact) mass is 315 g/mol. The molecule has 1 saturated heterocycles. The lowest BCUT2D eigenvalue weighted by Crippen LogP contribution is -2.34. The van der Waals surface area contributed by atoms with Crippen LogP contribution in [0.4, 0.5) is 5.69 Å². The van der Waals surface area contributed by atoms with Gasteiger partial charge >= 0.3 is 0 Å². The molecule has 2 bridgehead atoms. The summed E-state index contributed by atoms with van der Waals surface area (Å²) in [5, 5.41) is 2.04. The van der Waals surface area contributed by atoms with Gasteiger partial charge in [-0.1, -0.05) is 48.6 Å². The van der Waals surface area contributed by atoms with E-state index in [1.54, 1.807) is 0 Å². The average molecular weight is 315 g/mol. The summed E-state index contributed by atoms with van der Waals surface area (Å²) in [6.07, 6.45) is 6.79. The van der Waals surface area contributed by atoms with Gasteiger partial charge in [-0.05, 0) is 41.5 Å². The van der Waals surface area contributed by atoms with Gasteiger partial charge in [0.05, 0.1) is 17.5 Å². The van der Waals surface area contributed by atoms with E-state index in [0.29, 0.717) is 0 Å². The summed E-state index contributed by atoms with van der Waals surface area (Å²) < 4.78 is 0. The van der Waals surface area contributed by atoms with E-state index in [1.807, 2.05) is 42.5 Å². The highest BCUT2D eigenvalue weighted by atomic mass is 16.2. The molecule has 3 nitrogen and oxygen atoms in total. The molecule has 1 heterocycles. The molecule has 4 atom stereocenters. The minimum Gasteiger partial charge on any atom is -0.274 e. The van der Waals surface area contributed by atoms with Gasteiger partial charge < -0.3 is 0 Å². The Bertz CT molecular complexity index is 916. The molecule has 4 aliphatic rings. The molecule has 3 aliphatic carbocycles. The number of rotatable bonds is 1. The minimum absolute atomic E-state index is 0.0180. The van der Waals surface area contributed by atoms with Gasteiger partial charge in [-0.3, -0.25) is 9.59 Å². The van der Waals surface area contributed by atoms with Crippen molar-refractivity contribution in [2.24, 2.45) is 29.1 Å². The number of hydrogen-bond acceptors (Lipinski definition) is 2. The Morgan fingerprint density at radius 3 is 2.12 bits per heavy atom. The second-order valence-electron chi connectivity index (χ2n) is 7.73. The van der Waals surface area contributed by atoms with Crippen molar-refractivity contribution < 1.29 is 9.59 Å². The van der Waals surface area contributed by atoms with Crippen molar-refractivity contribution >= 4 is 28.3 Å². The van der Waals surface area contributed by atoms with Gasteiger partial charge in [0, 0.05) is 5.39 Å². The molecule has 2 amide bonds. The molecule has 3 heteroatoms. The molecule has 2 aromatic carbocycles. The van der Waals surface area contributed by atoms with Gasteiger partial charge in [0.1, 0.15) is 0 Å². The third-order valence-corrected chi connectivity index (χ3v) is 6.86. The van der Waals surface area contributed by atoms with Crippen LogP contribution in [0.2, 0.25) is 0 Å². The number of benzene rings is 2. The molecule has 2 aromatic rings. The molecule has 1 aliphatic heterocycles. The van der Waals surface area contributed by atoms with E-state index in [1.165, 1.54) is 17.7 Å². The lowest BCUT2D eigenvalue weighted by Gasteiger charge is -2.22. The van der Waals surface area contributed by atoms with Crippen molar-refractivity contribution in [3.05, 3.63) is 54.6 Å². The van der Waals surface area contributed by atoms with Crippen molar-refractivity contribution in [1.29, 1.82) is 0 Å². The third-order valence-electron chi connectivity index (χ3n) is 6.86. The molecule has 0 N–H and O–H groups in total. The molecule has 24 heavy (non-hydrogen) atoms. The first-order chi connectivity index (χ1) is 11.7. The van der Waals surface area contributed by atoms with E-state index in [4.69, 9.17) is 0 Å². The second-order valence-corrected chi connectivity index (χ2v) is 7.73. The molecule has 0 aromatic heterocycles.